The molecule has 1 rings (SSSR count). The first-order valence-electron chi connectivity index (χ1n) is 5.91. The molecule has 1 fully saturated rings. The second kappa shape index (κ2) is 4.97. The van der Waals surface area contributed by atoms with Gasteiger partial charge in [-0.15, -0.1) is 0 Å². The Bertz CT molecular complexity index is 220. The number of aliphatic carboxylic acids is 1. The molecule has 0 bridgehead atoms. The van der Waals surface area contributed by atoms with Gasteiger partial charge in [0.15, 0.2) is 0 Å². The Morgan fingerprint density at radius 1 is 1.40 bits per heavy atom. The molecule has 0 aromatic rings. The van der Waals surface area contributed by atoms with E-state index in [1.54, 1.807) is 0 Å². The zero-order valence-corrected chi connectivity index (χ0v) is 10.0. The van der Waals surface area contributed by atoms with Crippen molar-refractivity contribution >= 4 is 5.97 Å². The summed E-state index contributed by atoms with van der Waals surface area (Å²) in [7, 11) is 0. The van der Waals surface area contributed by atoms with Crippen LogP contribution < -0.4 is 5.32 Å². The lowest BCUT2D eigenvalue weighted by Gasteiger charge is -2.27. The second-order valence-corrected chi connectivity index (χ2v) is 5.46. The standard InChI is InChI=1S/C12H23NO2/c1-9(2)10(11(14)15)13-8-12(3)6-4-5-7-12/h9-10,13H,4-8H2,1-3H3,(H,14,15). The minimum Gasteiger partial charge on any atom is -0.480 e. The Morgan fingerprint density at radius 3 is 2.33 bits per heavy atom. The lowest BCUT2D eigenvalue weighted by molar-refractivity contribution is -0.140. The van der Waals surface area contributed by atoms with Gasteiger partial charge in [-0.25, -0.2) is 0 Å². The molecule has 1 aliphatic rings. The van der Waals surface area contributed by atoms with E-state index in [9.17, 15) is 4.79 Å². The van der Waals surface area contributed by atoms with E-state index in [0.717, 1.165) is 6.54 Å². The van der Waals surface area contributed by atoms with Crippen LogP contribution in [0.5, 0.6) is 0 Å². The Balaban J connectivity index is 2.42. The van der Waals surface area contributed by atoms with Gasteiger partial charge >= 0.3 is 5.97 Å². The molecule has 0 aliphatic heterocycles. The quantitative estimate of drug-likeness (QED) is 0.736. The van der Waals surface area contributed by atoms with Gasteiger partial charge in [0.05, 0.1) is 0 Å². The summed E-state index contributed by atoms with van der Waals surface area (Å²) in [6.07, 6.45) is 5.03. The average Bonchev–Trinajstić information content (AvgIpc) is 2.51. The summed E-state index contributed by atoms with van der Waals surface area (Å²) in [6, 6.07) is -0.401. The lowest BCUT2D eigenvalue weighted by atomic mass is 9.88. The molecule has 0 saturated heterocycles. The Morgan fingerprint density at radius 2 is 1.93 bits per heavy atom. The van der Waals surface area contributed by atoms with Gasteiger partial charge < -0.3 is 10.4 Å². The van der Waals surface area contributed by atoms with Crippen molar-refractivity contribution in [1.29, 1.82) is 0 Å². The first-order chi connectivity index (χ1) is 6.94. The molecular weight excluding hydrogens is 190 g/mol. The maximum Gasteiger partial charge on any atom is 0.320 e. The van der Waals surface area contributed by atoms with Crippen molar-refractivity contribution in [2.75, 3.05) is 6.54 Å². The van der Waals surface area contributed by atoms with E-state index in [4.69, 9.17) is 5.11 Å². The van der Waals surface area contributed by atoms with E-state index < -0.39 is 12.0 Å². The first kappa shape index (κ1) is 12.5. The molecular formula is C12H23NO2. The van der Waals surface area contributed by atoms with Gasteiger partial charge in [0, 0.05) is 6.54 Å². The van der Waals surface area contributed by atoms with E-state index in [-0.39, 0.29) is 5.92 Å². The molecule has 0 heterocycles. The average molecular weight is 213 g/mol. The van der Waals surface area contributed by atoms with E-state index in [1.807, 2.05) is 13.8 Å². The number of carboxylic acid groups (broad SMARTS) is 1. The molecule has 0 aromatic heterocycles. The molecule has 1 saturated carbocycles. The van der Waals surface area contributed by atoms with Gasteiger partial charge in [-0.1, -0.05) is 33.6 Å². The third-order valence-electron chi connectivity index (χ3n) is 3.49. The minimum absolute atomic E-state index is 0.146. The highest BCUT2D eigenvalue weighted by molar-refractivity contribution is 5.73. The molecule has 0 amide bonds. The fourth-order valence-corrected chi connectivity index (χ4v) is 2.37. The van der Waals surface area contributed by atoms with E-state index in [1.165, 1.54) is 25.7 Å². The van der Waals surface area contributed by atoms with Gasteiger partial charge in [-0.05, 0) is 24.2 Å². The number of hydrogen-bond donors (Lipinski definition) is 2. The van der Waals surface area contributed by atoms with Gasteiger partial charge in [0.2, 0.25) is 0 Å². The summed E-state index contributed by atoms with van der Waals surface area (Å²) in [6.45, 7) is 6.99. The highest BCUT2D eigenvalue weighted by Gasteiger charge is 2.30. The molecule has 1 unspecified atom stereocenters. The zero-order valence-electron chi connectivity index (χ0n) is 10.0. The molecule has 0 spiro atoms. The number of hydrogen-bond acceptors (Lipinski definition) is 2. The summed E-state index contributed by atoms with van der Waals surface area (Å²) >= 11 is 0. The number of carboxylic acids is 1. The van der Waals surface area contributed by atoms with Gasteiger partial charge in [0.25, 0.3) is 0 Å². The maximum absolute atomic E-state index is 11.0. The molecule has 1 atom stereocenters. The molecule has 3 heteroatoms. The van der Waals surface area contributed by atoms with Crippen LogP contribution in [-0.2, 0) is 4.79 Å². The van der Waals surface area contributed by atoms with E-state index in [2.05, 4.69) is 12.2 Å². The van der Waals surface area contributed by atoms with Crippen molar-refractivity contribution in [3.8, 4) is 0 Å². The third-order valence-corrected chi connectivity index (χ3v) is 3.49. The molecule has 1 aliphatic carbocycles. The van der Waals surface area contributed by atoms with Crippen LogP contribution in [0.3, 0.4) is 0 Å². The fraction of sp³-hybridized carbons (Fsp3) is 0.917. The summed E-state index contributed by atoms with van der Waals surface area (Å²) in [4.78, 5) is 11.0. The van der Waals surface area contributed by atoms with Gasteiger partial charge in [-0.2, -0.15) is 0 Å². The topological polar surface area (TPSA) is 49.3 Å². The lowest BCUT2D eigenvalue weighted by Crippen LogP contribution is -2.45. The van der Waals surface area contributed by atoms with Crippen LogP contribution >= 0.6 is 0 Å². The largest absolute Gasteiger partial charge is 0.480 e. The second-order valence-electron chi connectivity index (χ2n) is 5.46. The Labute approximate surface area is 92.3 Å². The molecule has 88 valence electrons. The van der Waals surface area contributed by atoms with Crippen molar-refractivity contribution in [2.24, 2.45) is 11.3 Å². The van der Waals surface area contributed by atoms with Crippen LogP contribution in [0.4, 0.5) is 0 Å². The van der Waals surface area contributed by atoms with Crippen LogP contribution in [0.2, 0.25) is 0 Å². The number of rotatable bonds is 5. The molecule has 0 aromatic carbocycles. The monoisotopic (exact) mass is 213 g/mol. The molecule has 15 heavy (non-hydrogen) atoms. The Kier molecular flexibility index (Phi) is 4.14. The first-order valence-corrected chi connectivity index (χ1v) is 5.91. The normalized spacial score (nSPS) is 21.9. The summed E-state index contributed by atoms with van der Waals surface area (Å²) in [5, 5.41) is 12.2. The summed E-state index contributed by atoms with van der Waals surface area (Å²) in [5.41, 5.74) is 0.322. The molecule has 3 nitrogen and oxygen atoms in total. The van der Waals surface area contributed by atoms with Crippen LogP contribution in [0.25, 0.3) is 0 Å². The highest BCUT2D eigenvalue weighted by Crippen LogP contribution is 2.36. The predicted octanol–water partition coefficient (Wildman–Crippen LogP) is 2.27. The van der Waals surface area contributed by atoms with Gasteiger partial charge in [-0.3, -0.25) is 4.79 Å². The van der Waals surface area contributed by atoms with E-state index >= 15 is 0 Å². The van der Waals surface area contributed by atoms with Crippen LogP contribution in [0, 0.1) is 11.3 Å². The number of nitrogens with one attached hydrogen (secondary N) is 1. The third kappa shape index (κ3) is 3.49. The summed E-state index contributed by atoms with van der Waals surface area (Å²) < 4.78 is 0. The van der Waals surface area contributed by atoms with Crippen molar-refractivity contribution in [3.05, 3.63) is 0 Å². The predicted molar refractivity (Wildman–Crippen MR) is 60.8 cm³/mol. The smallest absolute Gasteiger partial charge is 0.320 e. The fourth-order valence-electron chi connectivity index (χ4n) is 2.37. The van der Waals surface area contributed by atoms with Crippen LogP contribution in [0.15, 0.2) is 0 Å². The highest BCUT2D eigenvalue weighted by atomic mass is 16.4. The van der Waals surface area contributed by atoms with E-state index in [0.29, 0.717) is 5.41 Å². The van der Waals surface area contributed by atoms with Crippen molar-refractivity contribution in [3.63, 3.8) is 0 Å². The van der Waals surface area contributed by atoms with Crippen LogP contribution in [0.1, 0.15) is 46.5 Å². The van der Waals surface area contributed by atoms with Crippen molar-refractivity contribution < 1.29 is 9.90 Å². The maximum atomic E-state index is 11.0. The van der Waals surface area contributed by atoms with Crippen LogP contribution in [-0.4, -0.2) is 23.7 Å². The van der Waals surface area contributed by atoms with Crippen molar-refractivity contribution in [2.45, 2.75) is 52.5 Å². The van der Waals surface area contributed by atoms with Gasteiger partial charge in [0.1, 0.15) is 6.04 Å². The van der Waals surface area contributed by atoms with Crippen molar-refractivity contribution in [1.82, 2.24) is 5.32 Å². The Hall–Kier alpha value is -0.570. The number of carbonyl (C=O) groups is 1. The zero-order chi connectivity index (χ0) is 11.5. The molecule has 2 N–H and O–H groups in total. The summed E-state index contributed by atoms with van der Waals surface area (Å²) in [5.74, 6) is -0.584. The minimum atomic E-state index is -0.730. The molecule has 0 radical (unpaired) electrons. The SMILES string of the molecule is CC(C)C(NCC1(C)CCCC1)C(=O)O.